The number of hydrogen-bond acceptors (Lipinski definition) is 9. The topological polar surface area (TPSA) is 104 Å². The van der Waals surface area contributed by atoms with Crippen molar-refractivity contribution in [3.63, 3.8) is 0 Å². The molecule has 3 aliphatic heterocycles. The Bertz CT molecular complexity index is 2260. The van der Waals surface area contributed by atoms with E-state index >= 15 is 8.78 Å². The number of halogens is 5. The van der Waals surface area contributed by atoms with Crippen LogP contribution in [0.25, 0.3) is 32.9 Å². The number of piperazine rings is 1. The first-order valence-corrected chi connectivity index (χ1v) is 18.7. The van der Waals surface area contributed by atoms with Crippen LogP contribution >= 0.6 is 0 Å². The maximum absolute atomic E-state index is 17.3. The fourth-order valence-electron chi connectivity index (χ4n) is 8.85. The molecule has 2 bridgehead atoms. The number of amides is 1. The van der Waals surface area contributed by atoms with Crippen LogP contribution in [0.15, 0.2) is 24.3 Å². The number of nitrogens with zero attached hydrogens (tertiary/aromatic N) is 6. The van der Waals surface area contributed by atoms with Gasteiger partial charge in [0, 0.05) is 67.6 Å². The fourth-order valence-corrected chi connectivity index (χ4v) is 8.85. The van der Waals surface area contributed by atoms with Crippen molar-refractivity contribution in [3.8, 4) is 41.2 Å². The minimum atomic E-state index is -2.99. The predicted octanol–water partition coefficient (Wildman–Crippen LogP) is 6.25. The van der Waals surface area contributed by atoms with Gasteiger partial charge in [0.05, 0.1) is 19.3 Å². The lowest BCUT2D eigenvalue weighted by Crippen LogP contribution is -2.56. The number of anilines is 1. The number of methoxy groups -OCH3 is 1. The second-order valence-electron chi connectivity index (χ2n) is 15.8. The first-order valence-electron chi connectivity index (χ1n) is 18.7. The van der Waals surface area contributed by atoms with Crippen LogP contribution in [0, 0.1) is 35.3 Å². The van der Waals surface area contributed by atoms with Gasteiger partial charge in [0.1, 0.15) is 46.1 Å². The van der Waals surface area contributed by atoms with E-state index in [0.29, 0.717) is 50.7 Å². The Kier molecular flexibility index (Phi) is 8.49. The zero-order valence-electron chi connectivity index (χ0n) is 30.1. The van der Waals surface area contributed by atoms with Crippen LogP contribution in [0.4, 0.5) is 27.8 Å². The average molecular weight is 763 g/mol. The second-order valence-corrected chi connectivity index (χ2v) is 15.8. The number of terminal acetylenes is 1. The number of carbonyl (C=O) groups excluding carboxylic acids is 1. The SMILES string of the molecule is C#Cc1c(F)ccc2cc(O)cc(-c3nc(OC)c4c(N5CC6CCC(C5)N6C(=O)C5CC5(F)F)nc(OCC5(CN6CCC(F)CC6)CC5)nc4c3F)c12. The summed E-state index contributed by atoms with van der Waals surface area (Å²) in [6.45, 7) is 2.73. The molecule has 3 atom stereocenters. The Hall–Kier alpha value is -4.97. The van der Waals surface area contributed by atoms with Crippen LogP contribution in [-0.2, 0) is 4.79 Å². The summed E-state index contributed by atoms with van der Waals surface area (Å²) in [5.74, 6) is -4.21. The predicted molar refractivity (Wildman–Crippen MR) is 193 cm³/mol. The second kappa shape index (κ2) is 13.1. The maximum Gasteiger partial charge on any atom is 0.319 e. The largest absolute Gasteiger partial charge is 0.508 e. The Balaban J connectivity index is 1.14. The Morgan fingerprint density at radius 2 is 1.75 bits per heavy atom. The molecule has 2 aromatic heterocycles. The molecule has 0 spiro atoms. The van der Waals surface area contributed by atoms with Gasteiger partial charge in [-0.25, -0.2) is 26.9 Å². The molecule has 4 aromatic rings. The Labute approximate surface area is 313 Å². The third kappa shape index (κ3) is 6.22. The van der Waals surface area contributed by atoms with E-state index in [4.69, 9.17) is 20.9 Å². The number of ether oxygens (including phenoxy) is 2. The molecule has 2 aromatic carbocycles. The number of hydrogen-bond donors (Lipinski definition) is 1. The molecule has 1 N–H and O–H groups in total. The van der Waals surface area contributed by atoms with Crippen molar-refractivity contribution in [2.75, 3.05) is 51.3 Å². The summed E-state index contributed by atoms with van der Waals surface area (Å²) >= 11 is 0. The molecule has 15 heteroatoms. The summed E-state index contributed by atoms with van der Waals surface area (Å²) in [5.41, 5.74) is -0.849. The van der Waals surface area contributed by atoms with Crippen molar-refractivity contribution < 1.29 is 41.3 Å². The van der Waals surface area contributed by atoms with Crippen LogP contribution < -0.4 is 14.4 Å². The first kappa shape index (κ1) is 35.7. The Morgan fingerprint density at radius 3 is 2.38 bits per heavy atom. The highest BCUT2D eigenvalue weighted by molar-refractivity contribution is 6.04. The van der Waals surface area contributed by atoms with Crippen LogP contribution in [0.3, 0.4) is 0 Å². The lowest BCUT2D eigenvalue weighted by Gasteiger charge is -2.42. The van der Waals surface area contributed by atoms with Crippen molar-refractivity contribution >= 4 is 33.4 Å². The molecule has 3 saturated heterocycles. The number of piperidine rings is 1. The summed E-state index contributed by atoms with van der Waals surface area (Å²) < 4.78 is 86.2. The molecule has 5 heterocycles. The number of fused-ring (bicyclic) bond motifs is 4. The molecule has 2 aliphatic carbocycles. The maximum atomic E-state index is 17.3. The van der Waals surface area contributed by atoms with E-state index in [1.54, 1.807) is 4.90 Å². The number of aromatic nitrogens is 3. The summed E-state index contributed by atoms with van der Waals surface area (Å²) in [5, 5.41) is 11.3. The molecule has 10 nitrogen and oxygen atoms in total. The number of likely N-dealkylation sites (tertiary alicyclic amines) is 1. The molecule has 288 valence electrons. The first-order chi connectivity index (χ1) is 26.4. The zero-order valence-corrected chi connectivity index (χ0v) is 30.1. The standard InChI is InChI=1S/C40H39F5N6O4/c1-3-26-29(42)7-4-21-14-25(52)15-27(30(21)26)33-32(43)34-31(36(46-33)54-2)35(50-17-23-5-6-24(18-50)51(23)37(53)28-16-40(28,44)45)48-38(47-34)55-20-39(10-11-39)19-49-12-8-22(41)9-13-49/h1,4,7,14-15,22-24,28,52H,5-6,8-13,16-20H2,2H3. The minimum Gasteiger partial charge on any atom is -0.508 e. The van der Waals surface area contributed by atoms with Crippen LogP contribution in [0.2, 0.25) is 0 Å². The van der Waals surface area contributed by atoms with E-state index < -0.39 is 42.0 Å². The molecule has 0 radical (unpaired) electrons. The molecule has 5 fully saturated rings. The van der Waals surface area contributed by atoms with Gasteiger partial charge in [-0.15, -0.1) is 6.42 Å². The molecule has 1 amide bonds. The van der Waals surface area contributed by atoms with Gasteiger partial charge in [0.25, 0.3) is 5.92 Å². The van der Waals surface area contributed by atoms with Crippen molar-refractivity contribution in [3.05, 3.63) is 41.5 Å². The molecular weight excluding hydrogens is 723 g/mol. The van der Waals surface area contributed by atoms with Crippen LogP contribution in [-0.4, -0.2) is 106 Å². The molecular formula is C40H39F5N6O4. The molecule has 9 rings (SSSR count). The number of phenols is 1. The monoisotopic (exact) mass is 762 g/mol. The van der Waals surface area contributed by atoms with E-state index in [1.807, 2.05) is 4.90 Å². The van der Waals surface area contributed by atoms with Gasteiger partial charge in [0.15, 0.2) is 5.82 Å². The van der Waals surface area contributed by atoms with Gasteiger partial charge in [-0.2, -0.15) is 9.97 Å². The lowest BCUT2D eigenvalue weighted by molar-refractivity contribution is -0.138. The number of alkyl halides is 3. The highest BCUT2D eigenvalue weighted by Gasteiger charge is 2.64. The van der Waals surface area contributed by atoms with Crippen molar-refractivity contribution in [1.29, 1.82) is 0 Å². The van der Waals surface area contributed by atoms with Crippen molar-refractivity contribution in [2.45, 2.75) is 69.1 Å². The van der Waals surface area contributed by atoms with E-state index in [0.717, 1.165) is 12.8 Å². The summed E-state index contributed by atoms with van der Waals surface area (Å²) in [6.07, 6.45) is 8.43. The van der Waals surface area contributed by atoms with Crippen LogP contribution in [0.1, 0.15) is 50.5 Å². The van der Waals surface area contributed by atoms with Crippen molar-refractivity contribution in [1.82, 2.24) is 24.8 Å². The number of pyridine rings is 1. The van der Waals surface area contributed by atoms with E-state index in [2.05, 4.69) is 20.8 Å². The smallest absolute Gasteiger partial charge is 0.319 e. The van der Waals surface area contributed by atoms with Gasteiger partial charge < -0.3 is 29.3 Å². The summed E-state index contributed by atoms with van der Waals surface area (Å²) in [6, 6.07) is 4.36. The van der Waals surface area contributed by atoms with Crippen molar-refractivity contribution in [2.24, 2.45) is 11.3 Å². The average Bonchev–Trinajstić information content (AvgIpc) is 4.06. The number of rotatable bonds is 9. The van der Waals surface area contributed by atoms with Gasteiger partial charge in [-0.3, -0.25) is 4.79 Å². The fraction of sp³-hybridized carbons (Fsp3) is 0.500. The highest BCUT2D eigenvalue weighted by atomic mass is 19.3. The summed E-state index contributed by atoms with van der Waals surface area (Å²) in [4.78, 5) is 32.9. The van der Waals surface area contributed by atoms with E-state index in [9.17, 15) is 23.1 Å². The number of phenolic OH excluding ortho intramolecular Hbond substituents is 1. The normalized spacial score (nSPS) is 24.3. The van der Waals surface area contributed by atoms with E-state index in [-0.39, 0.29) is 93.8 Å². The molecule has 3 unspecified atom stereocenters. The molecule has 55 heavy (non-hydrogen) atoms. The van der Waals surface area contributed by atoms with Gasteiger partial charge in [0.2, 0.25) is 11.8 Å². The quantitative estimate of drug-likeness (QED) is 0.157. The zero-order chi connectivity index (χ0) is 38.4. The number of aromatic hydroxyl groups is 1. The van der Waals surface area contributed by atoms with Gasteiger partial charge in [-0.1, -0.05) is 12.0 Å². The van der Waals surface area contributed by atoms with E-state index in [1.165, 1.54) is 31.4 Å². The lowest BCUT2D eigenvalue weighted by atomic mass is 9.95. The van der Waals surface area contributed by atoms with Gasteiger partial charge in [-0.05, 0) is 62.1 Å². The minimum absolute atomic E-state index is 0.0128. The van der Waals surface area contributed by atoms with Crippen LogP contribution in [0.5, 0.6) is 17.6 Å². The molecule has 5 aliphatic rings. The van der Waals surface area contributed by atoms with Gasteiger partial charge >= 0.3 is 6.01 Å². The third-order valence-electron chi connectivity index (χ3n) is 12.1. The highest BCUT2D eigenvalue weighted by Crippen LogP contribution is 2.52. The number of carbonyl (C=O) groups is 1. The molecule has 2 saturated carbocycles. The number of benzene rings is 2. The third-order valence-corrected chi connectivity index (χ3v) is 12.1. The Morgan fingerprint density at radius 1 is 1.04 bits per heavy atom. The summed E-state index contributed by atoms with van der Waals surface area (Å²) in [7, 11) is 1.35.